The van der Waals surface area contributed by atoms with Crippen LogP contribution in [0.3, 0.4) is 0 Å². The van der Waals surface area contributed by atoms with Crippen molar-refractivity contribution in [1.29, 1.82) is 0 Å². The SMILES string of the molecule is COc1cc2nc(-c3cc4n(n3)CCCNC4)cc(-c3ccncc3)c2cc1OC.Cl. The maximum Gasteiger partial charge on any atom is 0.162 e. The van der Waals surface area contributed by atoms with Gasteiger partial charge in [0.2, 0.25) is 0 Å². The second-order valence-corrected chi connectivity index (χ2v) is 7.29. The van der Waals surface area contributed by atoms with Crippen LogP contribution >= 0.6 is 12.4 Å². The zero-order valence-corrected chi connectivity index (χ0v) is 18.3. The van der Waals surface area contributed by atoms with Gasteiger partial charge in [0.25, 0.3) is 0 Å². The molecule has 31 heavy (non-hydrogen) atoms. The zero-order chi connectivity index (χ0) is 20.5. The standard InChI is InChI=1S/C23H23N5O2.ClH/c1-29-22-12-18-17(15-4-7-24-8-5-15)11-20(26-19(18)13-23(22)30-2)21-10-16-14-25-6-3-9-28(16)27-21;/h4-5,7-8,10-13,25H,3,6,9,14H2,1-2H3;1H. The molecule has 5 rings (SSSR count). The van der Waals surface area contributed by atoms with E-state index < -0.39 is 0 Å². The van der Waals surface area contributed by atoms with E-state index in [0.717, 1.165) is 59.5 Å². The van der Waals surface area contributed by atoms with E-state index in [1.807, 2.05) is 24.3 Å². The number of hydrogen-bond acceptors (Lipinski definition) is 6. The monoisotopic (exact) mass is 437 g/mol. The molecule has 1 aliphatic rings. The lowest BCUT2D eigenvalue weighted by Gasteiger charge is -2.13. The molecular formula is C23H24ClN5O2. The van der Waals surface area contributed by atoms with Crippen molar-refractivity contribution in [2.75, 3.05) is 20.8 Å². The van der Waals surface area contributed by atoms with E-state index in [4.69, 9.17) is 19.6 Å². The molecule has 0 unspecified atom stereocenters. The van der Waals surface area contributed by atoms with Gasteiger partial charge in [0.1, 0.15) is 5.69 Å². The smallest absolute Gasteiger partial charge is 0.162 e. The quantitative estimate of drug-likeness (QED) is 0.518. The van der Waals surface area contributed by atoms with E-state index in [2.05, 4.69) is 27.1 Å². The van der Waals surface area contributed by atoms with Gasteiger partial charge in [-0.25, -0.2) is 4.98 Å². The highest BCUT2D eigenvalue weighted by Crippen LogP contribution is 2.38. The minimum Gasteiger partial charge on any atom is -0.493 e. The van der Waals surface area contributed by atoms with Gasteiger partial charge in [0, 0.05) is 36.9 Å². The van der Waals surface area contributed by atoms with E-state index in [0.29, 0.717) is 11.5 Å². The topological polar surface area (TPSA) is 74.1 Å². The Kier molecular flexibility index (Phi) is 6.06. The number of hydrogen-bond donors (Lipinski definition) is 1. The van der Waals surface area contributed by atoms with E-state index >= 15 is 0 Å². The normalized spacial score (nSPS) is 13.2. The van der Waals surface area contributed by atoms with Crippen molar-refractivity contribution in [2.24, 2.45) is 0 Å². The molecule has 0 bridgehead atoms. The zero-order valence-electron chi connectivity index (χ0n) is 17.5. The minimum atomic E-state index is 0. The van der Waals surface area contributed by atoms with Gasteiger partial charge in [0.15, 0.2) is 11.5 Å². The molecule has 4 heterocycles. The summed E-state index contributed by atoms with van der Waals surface area (Å²) in [7, 11) is 3.28. The number of aryl methyl sites for hydroxylation is 1. The molecule has 3 aromatic heterocycles. The first-order chi connectivity index (χ1) is 14.8. The number of benzene rings is 1. The molecule has 160 valence electrons. The van der Waals surface area contributed by atoms with Gasteiger partial charge >= 0.3 is 0 Å². The highest BCUT2D eigenvalue weighted by atomic mass is 35.5. The molecule has 0 aliphatic carbocycles. The molecule has 0 amide bonds. The van der Waals surface area contributed by atoms with Crippen LogP contribution < -0.4 is 14.8 Å². The van der Waals surface area contributed by atoms with Crippen molar-refractivity contribution in [3.63, 3.8) is 0 Å². The number of ether oxygens (including phenoxy) is 2. The van der Waals surface area contributed by atoms with Gasteiger partial charge in [-0.1, -0.05) is 0 Å². The first-order valence-electron chi connectivity index (χ1n) is 10.0. The summed E-state index contributed by atoms with van der Waals surface area (Å²) < 4.78 is 13.1. The Morgan fingerprint density at radius 3 is 2.52 bits per heavy atom. The van der Waals surface area contributed by atoms with Crippen molar-refractivity contribution in [2.45, 2.75) is 19.5 Å². The molecule has 1 aromatic carbocycles. The average molecular weight is 438 g/mol. The third kappa shape index (κ3) is 3.94. The van der Waals surface area contributed by atoms with Gasteiger partial charge in [0.05, 0.1) is 31.1 Å². The van der Waals surface area contributed by atoms with Crippen LogP contribution in [0, 0.1) is 0 Å². The Morgan fingerprint density at radius 2 is 1.74 bits per heavy atom. The summed E-state index contributed by atoms with van der Waals surface area (Å²) in [5.41, 5.74) is 5.84. The third-order valence-electron chi connectivity index (χ3n) is 5.46. The van der Waals surface area contributed by atoms with Gasteiger partial charge < -0.3 is 14.8 Å². The number of fused-ring (bicyclic) bond motifs is 2. The molecule has 0 saturated heterocycles. The summed E-state index contributed by atoms with van der Waals surface area (Å²) in [5.74, 6) is 1.33. The van der Waals surface area contributed by atoms with Crippen LogP contribution in [0.25, 0.3) is 33.4 Å². The number of aromatic nitrogens is 4. The van der Waals surface area contributed by atoms with Crippen LogP contribution in [0.1, 0.15) is 12.1 Å². The molecule has 0 saturated carbocycles. The van der Waals surface area contributed by atoms with Crippen molar-refractivity contribution < 1.29 is 9.47 Å². The summed E-state index contributed by atoms with van der Waals surface area (Å²) in [6, 6.07) is 12.1. The molecule has 8 heteroatoms. The van der Waals surface area contributed by atoms with Crippen molar-refractivity contribution in [1.82, 2.24) is 25.1 Å². The highest BCUT2D eigenvalue weighted by Gasteiger charge is 2.17. The number of rotatable bonds is 4. The van der Waals surface area contributed by atoms with E-state index in [-0.39, 0.29) is 12.4 Å². The van der Waals surface area contributed by atoms with Crippen LogP contribution in [-0.4, -0.2) is 40.5 Å². The molecule has 0 spiro atoms. The van der Waals surface area contributed by atoms with Crippen molar-refractivity contribution >= 4 is 23.3 Å². The number of halogens is 1. The number of pyridine rings is 2. The Bertz CT molecular complexity index is 1190. The Labute approximate surface area is 186 Å². The molecule has 1 N–H and O–H groups in total. The van der Waals surface area contributed by atoms with Gasteiger partial charge in [-0.2, -0.15) is 5.10 Å². The van der Waals surface area contributed by atoms with Crippen LogP contribution in [0.15, 0.2) is 48.8 Å². The minimum absolute atomic E-state index is 0. The first kappa shape index (κ1) is 21.1. The summed E-state index contributed by atoms with van der Waals surface area (Å²) in [6.45, 7) is 2.75. The second kappa shape index (κ2) is 8.91. The number of methoxy groups -OCH3 is 2. The third-order valence-corrected chi connectivity index (χ3v) is 5.46. The molecule has 4 aromatic rings. The summed E-state index contributed by atoms with van der Waals surface area (Å²) in [5, 5.41) is 9.28. The summed E-state index contributed by atoms with van der Waals surface area (Å²) in [6.07, 6.45) is 4.66. The average Bonchev–Trinajstić information content (AvgIpc) is 3.08. The number of nitrogens with zero attached hydrogens (tertiary/aromatic N) is 4. The lowest BCUT2D eigenvalue weighted by Crippen LogP contribution is -2.11. The fourth-order valence-corrected chi connectivity index (χ4v) is 3.94. The van der Waals surface area contributed by atoms with Crippen LogP contribution in [-0.2, 0) is 13.1 Å². The molecule has 0 radical (unpaired) electrons. The molecular weight excluding hydrogens is 414 g/mol. The van der Waals surface area contributed by atoms with Crippen molar-refractivity contribution in [3.8, 4) is 34.0 Å². The number of nitrogens with one attached hydrogen (secondary N) is 1. The van der Waals surface area contributed by atoms with Crippen LogP contribution in [0.4, 0.5) is 0 Å². The van der Waals surface area contributed by atoms with E-state index in [9.17, 15) is 0 Å². The Balaban J connectivity index is 0.00000231. The van der Waals surface area contributed by atoms with Crippen LogP contribution in [0.5, 0.6) is 11.5 Å². The second-order valence-electron chi connectivity index (χ2n) is 7.29. The largest absolute Gasteiger partial charge is 0.493 e. The van der Waals surface area contributed by atoms with Crippen LogP contribution in [0.2, 0.25) is 0 Å². The first-order valence-corrected chi connectivity index (χ1v) is 10.0. The maximum atomic E-state index is 5.53. The predicted octanol–water partition coefficient (Wildman–Crippen LogP) is 4.09. The molecule has 7 nitrogen and oxygen atoms in total. The lowest BCUT2D eigenvalue weighted by atomic mass is 10.00. The molecule has 0 atom stereocenters. The Hall–Kier alpha value is -3.16. The van der Waals surface area contributed by atoms with E-state index in [1.165, 1.54) is 5.69 Å². The van der Waals surface area contributed by atoms with Crippen molar-refractivity contribution in [3.05, 3.63) is 54.5 Å². The highest BCUT2D eigenvalue weighted by molar-refractivity contribution is 5.98. The molecule has 0 fully saturated rings. The fraction of sp³-hybridized carbons (Fsp3) is 0.261. The Morgan fingerprint density at radius 1 is 0.968 bits per heavy atom. The van der Waals surface area contributed by atoms with Gasteiger partial charge in [-0.15, -0.1) is 12.4 Å². The lowest BCUT2D eigenvalue weighted by molar-refractivity contribution is 0.356. The van der Waals surface area contributed by atoms with Gasteiger partial charge in [-0.3, -0.25) is 9.67 Å². The van der Waals surface area contributed by atoms with E-state index in [1.54, 1.807) is 26.6 Å². The summed E-state index contributed by atoms with van der Waals surface area (Å²) in [4.78, 5) is 9.10. The van der Waals surface area contributed by atoms with Gasteiger partial charge in [-0.05, 0) is 54.4 Å². The molecule has 1 aliphatic heterocycles. The summed E-state index contributed by atoms with van der Waals surface area (Å²) >= 11 is 0. The maximum absolute atomic E-state index is 5.53. The predicted molar refractivity (Wildman–Crippen MR) is 123 cm³/mol. The fourth-order valence-electron chi connectivity index (χ4n) is 3.94.